The molecule has 260 valence electrons. The van der Waals surface area contributed by atoms with E-state index in [0.29, 0.717) is 0 Å². The lowest BCUT2D eigenvalue weighted by Gasteiger charge is -2.30. The van der Waals surface area contributed by atoms with Gasteiger partial charge < -0.3 is 0 Å². The van der Waals surface area contributed by atoms with Gasteiger partial charge in [-0.1, -0.05) is 150 Å². The lowest BCUT2D eigenvalue weighted by molar-refractivity contribution is 0.0169. The third-order valence-corrected chi connectivity index (χ3v) is 10.6. The highest BCUT2D eigenvalue weighted by Gasteiger charge is 2.36. The fraction of sp³-hybridized carbons (Fsp3) is 0.571. The first-order valence-corrected chi connectivity index (χ1v) is 20.3. The maximum Gasteiger partial charge on any atom is 0.475 e. The third-order valence-electron chi connectivity index (χ3n) is 8.92. The molecule has 0 saturated carbocycles. The first-order chi connectivity index (χ1) is 23.0. The van der Waals surface area contributed by atoms with Gasteiger partial charge in [0.05, 0.1) is 18.3 Å². The van der Waals surface area contributed by atoms with Gasteiger partial charge >= 0.3 is 7.82 Å². The minimum Gasteiger partial charge on any atom is -0.284 e. The Hall–Kier alpha value is -2.23. The smallest absolute Gasteiger partial charge is 0.284 e. The molecule has 0 radical (unpaired) electrons. The lowest BCUT2D eigenvalue weighted by atomic mass is 10.0. The van der Waals surface area contributed by atoms with E-state index in [1.54, 1.807) is 0 Å². The van der Waals surface area contributed by atoms with Crippen LogP contribution < -0.4 is 0 Å². The molecule has 3 unspecified atom stereocenters. The van der Waals surface area contributed by atoms with Gasteiger partial charge in [-0.2, -0.15) is 0 Å². The molecule has 47 heavy (non-hydrogen) atoms. The monoisotopic (exact) mass is 662 g/mol. The molecule has 3 aromatic rings. The van der Waals surface area contributed by atoms with E-state index in [1.807, 2.05) is 0 Å². The first-order valence-electron chi connectivity index (χ1n) is 18.8. The second-order valence-electron chi connectivity index (χ2n) is 13.2. The molecule has 0 aliphatic heterocycles. The number of rotatable bonds is 27. The Morgan fingerprint density at radius 1 is 0.426 bits per heavy atom. The van der Waals surface area contributed by atoms with Crippen LogP contribution in [0.5, 0.6) is 0 Å². The number of phosphoric acid groups is 1. The Bertz CT molecular complexity index is 1050. The molecule has 5 heteroatoms. The third kappa shape index (κ3) is 17.1. The molecule has 0 spiro atoms. The van der Waals surface area contributed by atoms with Gasteiger partial charge in [0.2, 0.25) is 0 Å². The van der Waals surface area contributed by atoms with Crippen LogP contribution in [-0.4, -0.2) is 18.3 Å². The van der Waals surface area contributed by atoms with E-state index < -0.39 is 7.82 Å². The van der Waals surface area contributed by atoms with Gasteiger partial charge in [0.1, 0.15) is 0 Å². The summed E-state index contributed by atoms with van der Waals surface area (Å²) in [6.07, 6.45) is 17.1. The van der Waals surface area contributed by atoms with Crippen LogP contribution in [-0.2, 0) is 37.4 Å². The van der Waals surface area contributed by atoms with Crippen molar-refractivity contribution in [2.24, 2.45) is 0 Å². The van der Waals surface area contributed by atoms with Crippen LogP contribution >= 0.6 is 7.82 Å². The normalized spacial score (nSPS) is 14.8. The van der Waals surface area contributed by atoms with Crippen LogP contribution in [0.1, 0.15) is 134 Å². The average molecular weight is 663 g/mol. The molecule has 4 nitrogen and oxygen atoms in total. The molecule has 0 fully saturated rings. The van der Waals surface area contributed by atoms with E-state index in [1.165, 1.54) is 16.7 Å². The molecule has 0 aliphatic rings. The quantitative estimate of drug-likeness (QED) is 0.0602. The van der Waals surface area contributed by atoms with Crippen LogP contribution in [0.25, 0.3) is 0 Å². The van der Waals surface area contributed by atoms with Crippen molar-refractivity contribution in [2.45, 2.75) is 155 Å². The van der Waals surface area contributed by atoms with Crippen molar-refractivity contribution in [1.82, 2.24) is 0 Å². The Morgan fingerprint density at radius 2 is 0.702 bits per heavy atom. The number of benzene rings is 3. The lowest BCUT2D eigenvalue weighted by Crippen LogP contribution is -2.22. The van der Waals surface area contributed by atoms with Gasteiger partial charge in [-0.15, -0.1) is 0 Å². The van der Waals surface area contributed by atoms with Crippen LogP contribution in [0, 0.1) is 0 Å². The van der Waals surface area contributed by atoms with Crippen LogP contribution in [0.15, 0.2) is 91.0 Å². The molecule has 0 amide bonds. The molecule has 3 rings (SSSR count). The SMILES string of the molecule is CCCC(CCCCc1ccccc1)OP(=O)(OC(CCC)CCCCc1ccccc1)OC(CCC)CCCCc1ccccc1. The van der Waals surface area contributed by atoms with Gasteiger partial charge in [-0.3, -0.25) is 13.6 Å². The fourth-order valence-electron chi connectivity index (χ4n) is 6.37. The zero-order valence-corrected chi connectivity index (χ0v) is 30.6. The van der Waals surface area contributed by atoms with Crippen molar-refractivity contribution in [3.8, 4) is 0 Å². The van der Waals surface area contributed by atoms with Crippen molar-refractivity contribution in [1.29, 1.82) is 0 Å². The summed E-state index contributed by atoms with van der Waals surface area (Å²) in [6, 6.07) is 32.0. The second-order valence-corrected chi connectivity index (χ2v) is 14.7. The maximum atomic E-state index is 14.8. The zero-order valence-electron chi connectivity index (χ0n) is 29.7. The van der Waals surface area contributed by atoms with E-state index in [2.05, 4.69) is 112 Å². The molecule has 0 aromatic heterocycles. The Labute approximate surface area is 287 Å². The fourth-order valence-corrected chi connectivity index (χ4v) is 8.25. The van der Waals surface area contributed by atoms with E-state index in [-0.39, 0.29) is 18.3 Å². The van der Waals surface area contributed by atoms with Crippen LogP contribution in [0.2, 0.25) is 0 Å². The molecule has 0 N–H and O–H groups in total. The summed E-state index contributed by atoms with van der Waals surface area (Å²) >= 11 is 0. The number of unbranched alkanes of at least 4 members (excludes halogenated alkanes) is 3. The molecular formula is C42H63O4P. The Morgan fingerprint density at radius 3 is 0.957 bits per heavy atom. The van der Waals surface area contributed by atoms with Gasteiger partial charge in [0, 0.05) is 0 Å². The molecule has 0 heterocycles. The number of phosphoric ester groups is 1. The molecule has 3 aromatic carbocycles. The van der Waals surface area contributed by atoms with Crippen molar-refractivity contribution in [2.75, 3.05) is 0 Å². The number of hydrogen-bond donors (Lipinski definition) is 0. The minimum absolute atomic E-state index is 0.137. The summed E-state index contributed by atoms with van der Waals surface area (Å²) in [4.78, 5) is 0. The van der Waals surface area contributed by atoms with Crippen molar-refractivity contribution in [3.05, 3.63) is 108 Å². The largest absolute Gasteiger partial charge is 0.475 e. The zero-order chi connectivity index (χ0) is 33.4. The number of aryl methyl sites for hydroxylation is 3. The highest BCUT2D eigenvalue weighted by atomic mass is 31.2. The van der Waals surface area contributed by atoms with Crippen molar-refractivity contribution < 1.29 is 18.1 Å². The average Bonchev–Trinajstić information content (AvgIpc) is 3.08. The predicted octanol–water partition coefficient (Wildman–Crippen LogP) is 12.9. The predicted molar refractivity (Wildman–Crippen MR) is 199 cm³/mol. The summed E-state index contributed by atoms with van der Waals surface area (Å²) in [5.41, 5.74) is 4.09. The van der Waals surface area contributed by atoms with Crippen molar-refractivity contribution >= 4 is 7.82 Å². The second kappa shape index (κ2) is 24.0. The standard InChI is InChI=1S/C42H63O4P/c1-4-22-40(34-19-16-31-37-25-10-7-11-26-37)44-47(43,45-41(23-5-2)35-20-17-32-38-27-12-8-13-28-38)46-42(24-6-3)36-21-18-33-39-29-14-9-15-30-39/h7-15,25-30,40-42H,4-6,16-24,31-36H2,1-3H3. The van der Waals surface area contributed by atoms with Gasteiger partial charge in [-0.25, -0.2) is 4.57 Å². The van der Waals surface area contributed by atoms with E-state index in [0.717, 1.165) is 116 Å². The van der Waals surface area contributed by atoms with E-state index in [4.69, 9.17) is 13.6 Å². The highest BCUT2D eigenvalue weighted by Crippen LogP contribution is 2.55. The molecule has 0 aliphatic carbocycles. The van der Waals surface area contributed by atoms with Gasteiger partial charge in [-0.05, 0) is 93.7 Å². The highest BCUT2D eigenvalue weighted by molar-refractivity contribution is 7.48. The molecule has 3 atom stereocenters. The van der Waals surface area contributed by atoms with Gasteiger partial charge in [0.25, 0.3) is 0 Å². The van der Waals surface area contributed by atoms with E-state index in [9.17, 15) is 4.57 Å². The Balaban J connectivity index is 1.65. The topological polar surface area (TPSA) is 44.8 Å². The summed E-state index contributed by atoms with van der Waals surface area (Å²) in [5.74, 6) is 0. The maximum absolute atomic E-state index is 14.8. The van der Waals surface area contributed by atoms with Crippen molar-refractivity contribution in [3.63, 3.8) is 0 Å². The molecule has 0 saturated heterocycles. The van der Waals surface area contributed by atoms with Gasteiger partial charge in [0.15, 0.2) is 0 Å². The van der Waals surface area contributed by atoms with E-state index >= 15 is 0 Å². The first kappa shape index (κ1) is 39.2. The summed E-state index contributed by atoms with van der Waals surface area (Å²) in [5, 5.41) is 0. The summed E-state index contributed by atoms with van der Waals surface area (Å²) in [7, 11) is -3.80. The summed E-state index contributed by atoms with van der Waals surface area (Å²) < 4.78 is 34.4. The summed E-state index contributed by atoms with van der Waals surface area (Å²) in [6.45, 7) is 6.52. The number of hydrogen-bond acceptors (Lipinski definition) is 4. The molecule has 0 bridgehead atoms. The molecular weight excluding hydrogens is 599 g/mol. The minimum atomic E-state index is -3.80. The van der Waals surface area contributed by atoms with Crippen LogP contribution in [0.3, 0.4) is 0 Å². The Kier molecular flexibility index (Phi) is 20.0. The van der Waals surface area contributed by atoms with Crippen LogP contribution in [0.4, 0.5) is 0 Å².